The number of allylic oxidation sites excluding steroid dienone is 4. The standard InChI is InChI=1S/C45H86N2O7S/c1-5-9-11-13-15-17-19-21-23-25-27-29-31-33-35-37-44(48)52-41-43(42-53-55(50,51)46-39-40-47(7-3)8-4)54-45(49)38-36-34-32-30-28-26-24-22-20-18-16-14-12-10-6-2/h21-24,43,46H,5-20,25-42H2,1-4H3/b23-21-,24-22-. The van der Waals surface area contributed by atoms with Crippen LogP contribution in [-0.4, -0.2) is 70.8 Å². The highest BCUT2D eigenvalue weighted by atomic mass is 32.2. The molecule has 0 saturated heterocycles. The molecular weight excluding hydrogens is 713 g/mol. The molecule has 0 amide bonds. The van der Waals surface area contributed by atoms with E-state index in [1.807, 2.05) is 13.8 Å². The molecule has 0 heterocycles. The highest BCUT2D eigenvalue weighted by molar-refractivity contribution is 7.84. The quantitative estimate of drug-likeness (QED) is 0.0369. The van der Waals surface area contributed by atoms with Crippen LogP contribution >= 0.6 is 0 Å². The van der Waals surface area contributed by atoms with Crippen molar-refractivity contribution in [1.82, 2.24) is 9.62 Å². The van der Waals surface area contributed by atoms with Gasteiger partial charge in [-0.2, -0.15) is 13.1 Å². The van der Waals surface area contributed by atoms with Crippen LogP contribution in [0.15, 0.2) is 24.3 Å². The van der Waals surface area contributed by atoms with Crippen molar-refractivity contribution in [2.75, 3.05) is 39.4 Å². The van der Waals surface area contributed by atoms with Crippen LogP contribution in [0.3, 0.4) is 0 Å². The molecule has 9 nitrogen and oxygen atoms in total. The second kappa shape index (κ2) is 40.4. The molecule has 0 aromatic carbocycles. The molecule has 0 radical (unpaired) electrons. The molecule has 1 unspecified atom stereocenters. The van der Waals surface area contributed by atoms with Crippen LogP contribution in [0.5, 0.6) is 0 Å². The van der Waals surface area contributed by atoms with E-state index in [0.717, 1.165) is 83.7 Å². The zero-order valence-electron chi connectivity index (χ0n) is 36.1. The number of ether oxygens (including phenoxy) is 2. The molecule has 0 aliphatic rings. The number of hydrogen-bond donors (Lipinski definition) is 1. The summed E-state index contributed by atoms with van der Waals surface area (Å²) in [5, 5.41) is 0. The fourth-order valence-electron chi connectivity index (χ4n) is 6.37. The number of nitrogens with zero attached hydrogens (tertiary/aromatic N) is 1. The summed E-state index contributed by atoms with van der Waals surface area (Å²) < 4.78 is 43.6. The highest BCUT2D eigenvalue weighted by Gasteiger charge is 2.21. The Morgan fingerprint density at radius 2 is 0.945 bits per heavy atom. The highest BCUT2D eigenvalue weighted by Crippen LogP contribution is 2.13. The number of carbonyl (C=O) groups excluding carboxylic acids is 2. The van der Waals surface area contributed by atoms with Crippen molar-refractivity contribution in [3.8, 4) is 0 Å². The van der Waals surface area contributed by atoms with E-state index in [2.05, 4.69) is 47.8 Å². The number of likely N-dealkylation sites (N-methyl/N-ethyl adjacent to an activating group) is 1. The van der Waals surface area contributed by atoms with Gasteiger partial charge in [0.25, 0.3) is 0 Å². The number of carbonyl (C=O) groups is 2. The molecular formula is C45H86N2O7S. The third kappa shape index (κ3) is 38.9. The zero-order chi connectivity index (χ0) is 40.5. The molecule has 324 valence electrons. The van der Waals surface area contributed by atoms with Crippen LogP contribution < -0.4 is 4.72 Å². The summed E-state index contributed by atoms with van der Waals surface area (Å²) in [7, 11) is -4.06. The molecule has 0 aromatic heterocycles. The van der Waals surface area contributed by atoms with E-state index < -0.39 is 29.0 Å². The summed E-state index contributed by atoms with van der Waals surface area (Å²) in [4.78, 5) is 27.3. The Hall–Kier alpha value is -1.75. The topological polar surface area (TPSA) is 111 Å². The van der Waals surface area contributed by atoms with Crippen molar-refractivity contribution in [1.29, 1.82) is 0 Å². The number of esters is 2. The summed E-state index contributed by atoms with van der Waals surface area (Å²) >= 11 is 0. The summed E-state index contributed by atoms with van der Waals surface area (Å²) in [6, 6.07) is 0. The second-order valence-electron chi connectivity index (χ2n) is 15.1. The molecule has 0 bridgehead atoms. The summed E-state index contributed by atoms with van der Waals surface area (Å²) in [6.45, 7) is 10.3. The Morgan fingerprint density at radius 1 is 0.545 bits per heavy atom. The van der Waals surface area contributed by atoms with Gasteiger partial charge < -0.3 is 14.4 Å². The van der Waals surface area contributed by atoms with Gasteiger partial charge in [-0.15, -0.1) is 0 Å². The van der Waals surface area contributed by atoms with Crippen molar-refractivity contribution >= 4 is 22.2 Å². The van der Waals surface area contributed by atoms with Crippen molar-refractivity contribution in [2.24, 2.45) is 0 Å². The summed E-state index contributed by atoms with van der Waals surface area (Å²) in [6.07, 6.45) is 39.3. The average molecular weight is 799 g/mol. The largest absolute Gasteiger partial charge is 0.462 e. The van der Waals surface area contributed by atoms with E-state index in [0.29, 0.717) is 13.0 Å². The first kappa shape index (κ1) is 53.2. The molecule has 0 rings (SSSR count). The lowest BCUT2D eigenvalue weighted by atomic mass is 10.1. The van der Waals surface area contributed by atoms with E-state index in [1.165, 1.54) is 89.9 Å². The second-order valence-corrected chi connectivity index (χ2v) is 16.6. The van der Waals surface area contributed by atoms with E-state index in [4.69, 9.17) is 13.7 Å². The van der Waals surface area contributed by atoms with Crippen molar-refractivity contribution < 1.29 is 31.7 Å². The lowest BCUT2D eigenvalue weighted by molar-refractivity contribution is -0.161. The van der Waals surface area contributed by atoms with Crippen LogP contribution in [0.4, 0.5) is 0 Å². The monoisotopic (exact) mass is 799 g/mol. The van der Waals surface area contributed by atoms with Gasteiger partial charge in [-0.25, -0.2) is 0 Å². The molecule has 0 saturated carbocycles. The van der Waals surface area contributed by atoms with Gasteiger partial charge in [0.15, 0.2) is 6.10 Å². The van der Waals surface area contributed by atoms with Gasteiger partial charge >= 0.3 is 22.2 Å². The first-order valence-corrected chi connectivity index (χ1v) is 24.2. The van der Waals surface area contributed by atoms with E-state index >= 15 is 0 Å². The lowest BCUT2D eigenvalue weighted by Gasteiger charge is -2.19. The van der Waals surface area contributed by atoms with Gasteiger partial charge in [0.1, 0.15) is 13.2 Å². The van der Waals surface area contributed by atoms with Crippen LogP contribution in [0.2, 0.25) is 0 Å². The maximum Gasteiger partial charge on any atom is 0.336 e. The molecule has 55 heavy (non-hydrogen) atoms. The zero-order valence-corrected chi connectivity index (χ0v) is 37.0. The van der Waals surface area contributed by atoms with Gasteiger partial charge in [-0.3, -0.25) is 13.8 Å². The van der Waals surface area contributed by atoms with Gasteiger partial charge in [0.05, 0.1) is 0 Å². The third-order valence-electron chi connectivity index (χ3n) is 10.0. The molecule has 0 aromatic rings. The predicted molar refractivity (Wildman–Crippen MR) is 230 cm³/mol. The molecule has 1 N–H and O–H groups in total. The SMILES string of the molecule is CCCCCCCC/C=C\CCCCCCCC(=O)OCC(COS(=O)(=O)NCCN(CC)CC)OC(=O)CCCCCCC/C=C\CCCCCCCC. The molecule has 0 aliphatic heterocycles. The molecule has 0 aliphatic carbocycles. The maximum absolute atomic E-state index is 12.7. The van der Waals surface area contributed by atoms with Crippen LogP contribution in [0.1, 0.15) is 207 Å². The Morgan fingerprint density at radius 3 is 1.38 bits per heavy atom. The Bertz CT molecular complexity index is 1030. The predicted octanol–water partition coefficient (Wildman–Crippen LogP) is 11.7. The fraction of sp³-hybridized carbons (Fsp3) is 0.867. The Balaban J connectivity index is 4.43. The van der Waals surface area contributed by atoms with Gasteiger partial charge in [0.2, 0.25) is 0 Å². The van der Waals surface area contributed by atoms with Crippen molar-refractivity contribution in [3.05, 3.63) is 24.3 Å². The van der Waals surface area contributed by atoms with Crippen LogP contribution in [0.25, 0.3) is 0 Å². The Labute approximate surface area is 339 Å². The number of nitrogens with one attached hydrogen (secondary N) is 1. The number of rotatable bonds is 42. The summed E-state index contributed by atoms with van der Waals surface area (Å²) in [5.41, 5.74) is 0. The lowest BCUT2D eigenvalue weighted by Crippen LogP contribution is -2.37. The Kier molecular flexibility index (Phi) is 39.2. The van der Waals surface area contributed by atoms with E-state index in [1.54, 1.807) is 0 Å². The molecule has 0 fully saturated rings. The average Bonchev–Trinajstić information content (AvgIpc) is 3.17. The first-order valence-electron chi connectivity index (χ1n) is 22.8. The van der Waals surface area contributed by atoms with Gasteiger partial charge in [0, 0.05) is 25.9 Å². The minimum Gasteiger partial charge on any atom is -0.462 e. The van der Waals surface area contributed by atoms with Crippen molar-refractivity contribution in [2.45, 2.75) is 214 Å². The number of unbranched alkanes of at least 4 members (excludes halogenated alkanes) is 22. The van der Waals surface area contributed by atoms with Crippen molar-refractivity contribution in [3.63, 3.8) is 0 Å². The van der Waals surface area contributed by atoms with Crippen LogP contribution in [-0.2, 0) is 33.6 Å². The van der Waals surface area contributed by atoms with E-state index in [9.17, 15) is 18.0 Å². The van der Waals surface area contributed by atoms with Crippen LogP contribution in [0, 0.1) is 0 Å². The smallest absolute Gasteiger partial charge is 0.336 e. The minimum atomic E-state index is -4.06. The maximum atomic E-state index is 12.7. The minimum absolute atomic E-state index is 0.203. The van der Waals surface area contributed by atoms with E-state index in [-0.39, 0.29) is 32.0 Å². The first-order chi connectivity index (χ1) is 26.8. The molecule has 1 atom stereocenters. The fourth-order valence-corrected chi connectivity index (χ4v) is 7.13. The molecule has 10 heteroatoms. The normalized spacial score (nSPS) is 12.7. The number of hydrogen-bond acceptors (Lipinski definition) is 8. The molecule has 0 spiro atoms. The van der Waals surface area contributed by atoms with Gasteiger partial charge in [-0.1, -0.05) is 155 Å². The van der Waals surface area contributed by atoms with Gasteiger partial charge in [-0.05, 0) is 77.3 Å². The summed E-state index contributed by atoms with van der Waals surface area (Å²) in [5.74, 6) is -0.817. The third-order valence-corrected chi connectivity index (χ3v) is 11.0.